The molecule has 8 heteroatoms. The minimum atomic E-state index is -0.737. The Morgan fingerprint density at radius 2 is 1.78 bits per heavy atom. The van der Waals surface area contributed by atoms with Crippen molar-refractivity contribution in [2.75, 3.05) is 13.2 Å². The number of amides is 2. The van der Waals surface area contributed by atoms with E-state index in [0.717, 1.165) is 11.1 Å². The molecule has 2 aromatic rings. The van der Waals surface area contributed by atoms with Crippen molar-refractivity contribution in [1.82, 2.24) is 10.6 Å². The van der Waals surface area contributed by atoms with Gasteiger partial charge < -0.3 is 15.4 Å². The average molecular weight is 409 g/mol. The summed E-state index contributed by atoms with van der Waals surface area (Å²) in [6, 6.07) is 12.0. The predicted octanol–water partition coefficient (Wildman–Crippen LogP) is 2.89. The van der Waals surface area contributed by atoms with E-state index in [-0.39, 0.29) is 17.1 Å². The smallest absolute Gasteiger partial charge is 0.325 e. The number of nitrogens with one attached hydrogen (secondary N) is 2. The minimum Gasteiger partial charge on any atom is -0.454 e. The molecular formula is C19H18Cl2N2O4. The van der Waals surface area contributed by atoms with Crippen molar-refractivity contribution in [2.45, 2.75) is 13.5 Å². The topological polar surface area (TPSA) is 84.5 Å². The number of hydrogen-bond acceptors (Lipinski definition) is 4. The number of carbonyl (C=O) groups excluding carboxylic acids is 3. The molecule has 0 radical (unpaired) electrons. The first-order valence-corrected chi connectivity index (χ1v) is 8.82. The molecule has 0 aliphatic carbocycles. The monoisotopic (exact) mass is 408 g/mol. The molecule has 6 nitrogen and oxygen atoms in total. The molecule has 142 valence electrons. The van der Waals surface area contributed by atoms with Crippen LogP contribution in [-0.2, 0) is 20.9 Å². The van der Waals surface area contributed by atoms with Gasteiger partial charge in [-0.05, 0) is 36.2 Å². The van der Waals surface area contributed by atoms with Crippen molar-refractivity contribution in [3.8, 4) is 0 Å². The summed E-state index contributed by atoms with van der Waals surface area (Å²) in [5.74, 6) is -1.71. The molecule has 2 aromatic carbocycles. The fourth-order valence-corrected chi connectivity index (χ4v) is 2.67. The second-order valence-corrected chi connectivity index (χ2v) is 6.51. The van der Waals surface area contributed by atoms with Crippen LogP contribution in [0.25, 0.3) is 0 Å². The van der Waals surface area contributed by atoms with Gasteiger partial charge in [-0.1, -0.05) is 47.5 Å². The summed E-state index contributed by atoms with van der Waals surface area (Å²) in [4.78, 5) is 35.4. The van der Waals surface area contributed by atoms with E-state index < -0.39 is 24.4 Å². The third kappa shape index (κ3) is 6.58. The summed E-state index contributed by atoms with van der Waals surface area (Å²) in [5, 5.41) is 5.61. The normalized spacial score (nSPS) is 10.2. The zero-order valence-corrected chi connectivity index (χ0v) is 16.1. The van der Waals surface area contributed by atoms with E-state index >= 15 is 0 Å². The first kappa shape index (κ1) is 20.7. The van der Waals surface area contributed by atoms with Crippen LogP contribution >= 0.6 is 23.2 Å². The Hall–Kier alpha value is -2.57. The summed E-state index contributed by atoms with van der Waals surface area (Å²) >= 11 is 11.7. The minimum absolute atomic E-state index is 0.170. The van der Waals surface area contributed by atoms with Crippen molar-refractivity contribution in [1.29, 1.82) is 0 Å². The number of halogens is 2. The Bertz CT molecular complexity index is 855. The number of carbonyl (C=O) groups is 3. The van der Waals surface area contributed by atoms with Crippen molar-refractivity contribution >= 4 is 41.0 Å². The highest BCUT2D eigenvalue weighted by atomic mass is 35.5. The van der Waals surface area contributed by atoms with Gasteiger partial charge in [-0.2, -0.15) is 0 Å². The van der Waals surface area contributed by atoms with Crippen LogP contribution < -0.4 is 10.6 Å². The van der Waals surface area contributed by atoms with Crippen molar-refractivity contribution in [2.24, 2.45) is 0 Å². The zero-order valence-electron chi connectivity index (χ0n) is 14.6. The number of benzene rings is 2. The summed E-state index contributed by atoms with van der Waals surface area (Å²) in [7, 11) is 0. The molecular weight excluding hydrogens is 391 g/mol. The second-order valence-electron chi connectivity index (χ2n) is 5.67. The largest absolute Gasteiger partial charge is 0.454 e. The van der Waals surface area contributed by atoms with Crippen LogP contribution in [0.1, 0.15) is 21.5 Å². The molecule has 0 heterocycles. The van der Waals surface area contributed by atoms with E-state index in [1.54, 1.807) is 0 Å². The Morgan fingerprint density at radius 1 is 1.04 bits per heavy atom. The van der Waals surface area contributed by atoms with E-state index in [4.69, 9.17) is 27.9 Å². The molecule has 2 rings (SSSR count). The van der Waals surface area contributed by atoms with Gasteiger partial charge in [0.25, 0.3) is 11.8 Å². The molecule has 0 saturated carbocycles. The lowest BCUT2D eigenvalue weighted by atomic mass is 10.1. The van der Waals surface area contributed by atoms with Gasteiger partial charge in [0.1, 0.15) is 6.54 Å². The lowest BCUT2D eigenvalue weighted by molar-refractivity contribution is -0.147. The molecule has 0 aromatic heterocycles. The van der Waals surface area contributed by atoms with E-state index in [1.807, 2.05) is 31.2 Å². The van der Waals surface area contributed by atoms with Crippen LogP contribution in [0.4, 0.5) is 0 Å². The van der Waals surface area contributed by atoms with Crippen LogP contribution in [0.2, 0.25) is 10.0 Å². The lowest BCUT2D eigenvalue weighted by Crippen LogP contribution is -2.34. The van der Waals surface area contributed by atoms with Gasteiger partial charge in [-0.15, -0.1) is 0 Å². The molecule has 2 amide bonds. The number of hydrogen-bond donors (Lipinski definition) is 2. The highest BCUT2D eigenvalue weighted by Crippen LogP contribution is 2.20. The fourth-order valence-electron chi connectivity index (χ4n) is 2.17. The SMILES string of the molecule is Cc1ccccc1CNC(=O)COC(=O)CNC(=O)c1ccc(Cl)cc1Cl. The van der Waals surface area contributed by atoms with E-state index in [1.165, 1.54) is 18.2 Å². The maximum absolute atomic E-state index is 12.0. The van der Waals surface area contributed by atoms with Crippen molar-refractivity contribution in [3.63, 3.8) is 0 Å². The van der Waals surface area contributed by atoms with Crippen LogP contribution in [-0.4, -0.2) is 30.9 Å². The molecule has 0 aliphatic heterocycles. The zero-order chi connectivity index (χ0) is 19.8. The van der Waals surface area contributed by atoms with Gasteiger partial charge in [0.15, 0.2) is 6.61 Å². The predicted molar refractivity (Wildman–Crippen MR) is 103 cm³/mol. The van der Waals surface area contributed by atoms with Gasteiger partial charge >= 0.3 is 5.97 Å². The van der Waals surface area contributed by atoms with Gasteiger partial charge in [0, 0.05) is 11.6 Å². The van der Waals surface area contributed by atoms with Gasteiger partial charge in [-0.3, -0.25) is 14.4 Å². The van der Waals surface area contributed by atoms with Crippen molar-refractivity contribution < 1.29 is 19.1 Å². The van der Waals surface area contributed by atoms with Crippen LogP contribution in [0.15, 0.2) is 42.5 Å². The molecule has 0 bridgehead atoms. The average Bonchev–Trinajstić information content (AvgIpc) is 2.63. The first-order chi connectivity index (χ1) is 12.9. The summed E-state index contributed by atoms with van der Waals surface area (Å²) < 4.78 is 4.84. The van der Waals surface area contributed by atoms with E-state index in [9.17, 15) is 14.4 Å². The molecule has 27 heavy (non-hydrogen) atoms. The lowest BCUT2D eigenvalue weighted by Gasteiger charge is -2.09. The summed E-state index contributed by atoms with van der Waals surface area (Å²) in [6.45, 7) is 1.47. The standard InChI is InChI=1S/C19H18Cl2N2O4/c1-12-4-2-3-5-13(12)9-22-17(24)11-27-18(25)10-23-19(26)15-7-6-14(20)8-16(15)21/h2-8H,9-11H2,1H3,(H,22,24)(H,23,26). The Morgan fingerprint density at radius 3 is 2.48 bits per heavy atom. The Labute approximate surface area is 166 Å². The third-order valence-electron chi connectivity index (χ3n) is 3.67. The third-order valence-corrected chi connectivity index (χ3v) is 4.22. The number of ether oxygens (including phenoxy) is 1. The van der Waals surface area contributed by atoms with Gasteiger partial charge in [0.2, 0.25) is 0 Å². The molecule has 0 spiro atoms. The summed E-state index contributed by atoms with van der Waals surface area (Å²) in [6.07, 6.45) is 0. The molecule has 2 N–H and O–H groups in total. The molecule has 0 atom stereocenters. The summed E-state index contributed by atoms with van der Waals surface area (Å²) in [5.41, 5.74) is 2.22. The maximum atomic E-state index is 12.0. The molecule has 0 saturated heterocycles. The highest BCUT2D eigenvalue weighted by molar-refractivity contribution is 6.36. The molecule has 0 aliphatic rings. The highest BCUT2D eigenvalue weighted by Gasteiger charge is 2.13. The number of rotatable bonds is 7. The van der Waals surface area contributed by atoms with Crippen LogP contribution in [0.5, 0.6) is 0 Å². The number of esters is 1. The van der Waals surface area contributed by atoms with Crippen molar-refractivity contribution in [3.05, 3.63) is 69.2 Å². The fraction of sp³-hybridized carbons (Fsp3) is 0.211. The van der Waals surface area contributed by atoms with Crippen LogP contribution in [0, 0.1) is 6.92 Å². The Kier molecular flexibility index (Phi) is 7.64. The Balaban J connectivity index is 1.71. The maximum Gasteiger partial charge on any atom is 0.325 e. The second kappa shape index (κ2) is 9.94. The first-order valence-electron chi connectivity index (χ1n) is 8.07. The molecule has 0 unspecified atom stereocenters. The number of aryl methyl sites for hydroxylation is 1. The van der Waals surface area contributed by atoms with Gasteiger partial charge in [0.05, 0.1) is 10.6 Å². The van der Waals surface area contributed by atoms with Crippen LogP contribution in [0.3, 0.4) is 0 Å². The van der Waals surface area contributed by atoms with E-state index in [2.05, 4.69) is 10.6 Å². The van der Waals surface area contributed by atoms with E-state index in [0.29, 0.717) is 11.6 Å². The molecule has 0 fully saturated rings. The quantitative estimate of drug-likeness (QED) is 0.689. The van der Waals surface area contributed by atoms with Gasteiger partial charge in [-0.25, -0.2) is 0 Å².